The molecule has 4 nitrogen and oxygen atoms in total. The third-order valence-electron chi connectivity index (χ3n) is 2.78. The first-order chi connectivity index (χ1) is 8.69. The monoisotopic (exact) mass is 240 g/mol. The highest BCUT2D eigenvalue weighted by Gasteiger charge is 2.13. The normalized spacial score (nSPS) is 9.83. The Morgan fingerprint density at radius 1 is 1.22 bits per heavy atom. The zero-order chi connectivity index (χ0) is 13.1. The molecule has 1 heterocycles. The molecule has 0 atom stereocenters. The van der Waals surface area contributed by atoms with Gasteiger partial charge in [-0.1, -0.05) is 18.2 Å². The van der Waals surface area contributed by atoms with Crippen LogP contribution in [-0.4, -0.2) is 11.7 Å². The minimum atomic E-state index is -0.305. The summed E-state index contributed by atoms with van der Waals surface area (Å²) in [5.74, 6) is 0.641. The molecule has 2 rings (SSSR count). The van der Waals surface area contributed by atoms with Crippen LogP contribution in [0, 0.1) is 11.3 Å². The number of nitrogens with zero attached hydrogens (tertiary/aromatic N) is 2. The van der Waals surface area contributed by atoms with Gasteiger partial charge in [-0.15, -0.1) is 0 Å². The van der Waals surface area contributed by atoms with Crippen molar-refractivity contribution >= 4 is 0 Å². The van der Waals surface area contributed by atoms with Crippen molar-refractivity contribution in [3.8, 4) is 22.9 Å². The number of ether oxygens (including phenoxy) is 1. The van der Waals surface area contributed by atoms with Crippen molar-refractivity contribution < 1.29 is 4.74 Å². The van der Waals surface area contributed by atoms with E-state index in [1.807, 2.05) is 24.3 Å². The second kappa shape index (κ2) is 4.76. The summed E-state index contributed by atoms with van der Waals surface area (Å²) in [6.07, 6.45) is 1.64. The summed E-state index contributed by atoms with van der Waals surface area (Å²) in [6.45, 7) is 0. The quantitative estimate of drug-likeness (QED) is 0.806. The molecule has 4 heteroatoms. The van der Waals surface area contributed by atoms with Crippen molar-refractivity contribution in [1.29, 1.82) is 5.26 Å². The van der Waals surface area contributed by atoms with E-state index in [1.165, 1.54) is 4.57 Å². The lowest BCUT2D eigenvalue weighted by Gasteiger charge is -2.10. The van der Waals surface area contributed by atoms with Gasteiger partial charge in [-0.05, 0) is 12.1 Å². The lowest BCUT2D eigenvalue weighted by molar-refractivity contribution is 0.416. The van der Waals surface area contributed by atoms with Gasteiger partial charge in [-0.3, -0.25) is 4.79 Å². The van der Waals surface area contributed by atoms with Gasteiger partial charge in [0.2, 0.25) is 0 Å². The Morgan fingerprint density at radius 2 is 1.94 bits per heavy atom. The van der Waals surface area contributed by atoms with Crippen LogP contribution < -0.4 is 10.3 Å². The molecule has 2 aromatic rings. The first kappa shape index (κ1) is 11.9. The molecule has 0 bridgehead atoms. The minimum absolute atomic E-state index is 0.129. The number of pyridine rings is 1. The molecule has 1 aromatic heterocycles. The molecule has 0 saturated heterocycles. The zero-order valence-corrected chi connectivity index (χ0v) is 10.2. The van der Waals surface area contributed by atoms with Crippen LogP contribution in [0.4, 0.5) is 0 Å². The number of hydrogen-bond acceptors (Lipinski definition) is 3. The minimum Gasteiger partial charge on any atom is -0.496 e. The van der Waals surface area contributed by atoms with Crippen LogP contribution in [0.1, 0.15) is 5.56 Å². The van der Waals surface area contributed by atoms with E-state index in [1.54, 1.807) is 32.5 Å². The predicted molar refractivity (Wildman–Crippen MR) is 68.4 cm³/mol. The average molecular weight is 240 g/mol. The van der Waals surface area contributed by atoms with Crippen molar-refractivity contribution in [2.45, 2.75) is 0 Å². The van der Waals surface area contributed by atoms with Crippen LogP contribution in [0.3, 0.4) is 0 Å². The molecule has 0 saturated carbocycles. The Morgan fingerprint density at radius 3 is 2.61 bits per heavy atom. The summed E-state index contributed by atoms with van der Waals surface area (Å²) >= 11 is 0. The summed E-state index contributed by atoms with van der Waals surface area (Å²) in [7, 11) is 3.18. The number of nitriles is 1. The maximum atomic E-state index is 11.9. The van der Waals surface area contributed by atoms with E-state index in [0.717, 1.165) is 5.56 Å². The molecule has 0 aliphatic rings. The fourth-order valence-electron chi connectivity index (χ4n) is 1.83. The van der Waals surface area contributed by atoms with Crippen LogP contribution in [0.15, 0.2) is 41.3 Å². The summed E-state index contributed by atoms with van der Waals surface area (Å²) in [6, 6.07) is 11.0. The molecule has 0 aliphatic carbocycles. The van der Waals surface area contributed by atoms with Gasteiger partial charge < -0.3 is 9.30 Å². The van der Waals surface area contributed by atoms with Crippen LogP contribution in [0.25, 0.3) is 11.1 Å². The largest absolute Gasteiger partial charge is 0.496 e. The number of hydrogen-bond donors (Lipinski definition) is 0. The average Bonchev–Trinajstić information content (AvgIpc) is 2.41. The van der Waals surface area contributed by atoms with Crippen molar-refractivity contribution in [1.82, 2.24) is 4.57 Å². The van der Waals surface area contributed by atoms with Crippen LogP contribution >= 0.6 is 0 Å². The molecule has 0 radical (unpaired) electrons. The Hall–Kier alpha value is -2.54. The molecule has 18 heavy (non-hydrogen) atoms. The number of aromatic nitrogens is 1. The number of rotatable bonds is 2. The highest BCUT2D eigenvalue weighted by Crippen LogP contribution is 2.30. The van der Waals surface area contributed by atoms with Gasteiger partial charge in [0.1, 0.15) is 17.4 Å². The molecule has 0 aliphatic heterocycles. The second-order valence-electron chi connectivity index (χ2n) is 3.83. The van der Waals surface area contributed by atoms with E-state index in [2.05, 4.69) is 0 Å². The summed E-state index contributed by atoms with van der Waals surface area (Å²) < 4.78 is 6.64. The first-order valence-corrected chi connectivity index (χ1v) is 5.42. The van der Waals surface area contributed by atoms with E-state index in [4.69, 9.17) is 10.00 Å². The molecule has 0 unspecified atom stereocenters. The molecule has 1 aromatic carbocycles. The highest BCUT2D eigenvalue weighted by atomic mass is 16.5. The van der Waals surface area contributed by atoms with E-state index in [-0.39, 0.29) is 11.1 Å². The van der Waals surface area contributed by atoms with E-state index < -0.39 is 0 Å². The third-order valence-corrected chi connectivity index (χ3v) is 2.78. The van der Waals surface area contributed by atoms with Crippen LogP contribution in [0.2, 0.25) is 0 Å². The third kappa shape index (κ3) is 1.87. The topological polar surface area (TPSA) is 55.0 Å². The van der Waals surface area contributed by atoms with Crippen molar-refractivity contribution in [2.75, 3.05) is 7.11 Å². The molecular formula is C14H12N2O2. The number of methoxy groups -OCH3 is 1. The van der Waals surface area contributed by atoms with Gasteiger partial charge >= 0.3 is 0 Å². The van der Waals surface area contributed by atoms with Crippen molar-refractivity contribution in [3.05, 3.63) is 52.4 Å². The van der Waals surface area contributed by atoms with E-state index in [9.17, 15) is 4.79 Å². The molecule has 0 N–H and O–H groups in total. The molecular weight excluding hydrogens is 228 g/mol. The summed E-state index contributed by atoms with van der Waals surface area (Å²) in [5.41, 5.74) is 1.16. The van der Waals surface area contributed by atoms with Gasteiger partial charge in [0.15, 0.2) is 0 Å². The van der Waals surface area contributed by atoms with Gasteiger partial charge in [0, 0.05) is 24.4 Å². The highest BCUT2D eigenvalue weighted by molar-refractivity contribution is 5.75. The fourth-order valence-corrected chi connectivity index (χ4v) is 1.83. The van der Waals surface area contributed by atoms with Gasteiger partial charge in [-0.2, -0.15) is 5.26 Å². The maximum absolute atomic E-state index is 11.9. The van der Waals surface area contributed by atoms with Crippen molar-refractivity contribution in [2.24, 2.45) is 7.05 Å². The van der Waals surface area contributed by atoms with Crippen molar-refractivity contribution in [3.63, 3.8) is 0 Å². The maximum Gasteiger partial charge on any atom is 0.268 e. The number of benzene rings is 1. The van der Waals surface area contributed by atoms with E-state index >= 15 is 0 Å². The lowest BCUT2D eigenvalue weighted by atomic mass is 10.0. The molecule has 0 amide bonds. The fraction of sp³-hybridized carbons (Fsp3) is 0.143. The van der Waals surface area contributed by atoms with Gasteiger partial charge in [0.25, 0.3) is 5.56 Å². The Balaban J connectivity index is 2.77. The lowest BCUT2D eigenvalue weighted by Crippen LogP contribution is -2.19. The van der Waals surface area contributed by atoms with Gasteiger partial charge in [0.05, 0.1) is 7.11 Å². The zero-order valence-electron chi connectivity index (χ0n) is 10.2. The van der Waals surface area contributed by atoms with Crippen LogP contribution in [0.5, 0.6) is 5.75 Å². The van der Waals surface area contributed by atoms with Gasteiger partial charge in [-0.25, -0.2) is 0 Å². The Bertz CT molecular complexity index is 681. The molecule has 0 spiro atoms. The Labute approximate surface area is 105 Å². The first-order valence-electron chi connectivity index (χ1n) is 5.42. The van der Waals surface area contributed by atoms with Crippen LogP contribution in [-0.2, 0) is 7.05 Å². The SMILES string of the molecule is COc1ccccc1-c1ccn(C)c(=O)c1C#N. The summed E-state index contributed by atoms with van der Waals surface area (Å²) in [4.78, 5) is 11.9. The second-order valence-corrected chi connectivity index (χ2v) is 3.83. The number of para-hydroxylation sites is 1. The predicted octanol–water partition coefficient (Wildman–Crippen LogP) is 1.93. The Kier molecular flexibility index (Phi) is 3.16. The summed E-state index contributed by atoms with van der Waals surface area (Å²) in [5, 5.41) is 9.14. The molecule has 90 valence electrons. The molecule has 0 fully saturated rings. The van der Waals surface area contributed by atoms with E-state index in [0.29, 0.717) is 11.3 Å². The number of aryl methyl sites for hydroxylation is 1. The smallest absolute Gasteiger partial charge is 0.268 e. The standard InChI is InChI=1S/C14H12N2O2/c1-16-8-7-10(12(9-15)14(16)17)11-5-3-4-6-13(11)18-2/h3-8H,1-2H3.